The Hall–Kier alpha value is -1.29. The number of anilines is 1. The summed E-state index contributed by atoms with van der Waals surface area (Å²) in [5.74, 6) is 0.225. The van der Waals surface area contributed by atoms with Gasteiger partial charge in [0.05, 0.1) is 10.6 Å². The first-order chi connectivity index (χ1) is 7.70. The van der Waals surface area contributed by atoms with Crippen LogP contribution in [0.15, 0.2) is 12.3 Å². The molecule has 0 saturated heterocycles. The van der Waals surface area contributed by atoms with E-state index in [1.807, 2.05) is 34.9 Å². The summed E-state index contributed by atoms with van der Waals surface area (Å²) in [6.45, 7) is 5.44. The van der Waals surface area contributed by atoms with Gasteiger partial charge in [-0.3, -0.25) is 0 Å². The molecule has 1 aromatic heterocycles. The molecule has 4 nitrogen and oxygen atoms in total. The molecule has 0 saturated carbocycles. The van der Waals surface area contributed by atoms with Crippen LogP contribution in [0, 0.1) is 0 Å². The maximum Gasteiger partial charge on any atom is 0.340 e. The van der Waals surface area contributed by atoms with E-state index < -0.39 is 11.6 Å². The maximum atomic E-state index is 11.9. The SMILES string of the molecule is CN(C)c1cc(C(=O)OC(C)(C)C)c(Cl)cn1. The number of hydrogen-bond acceptors (Lipinski definition) is 4. The van der Waals surface area contributed by atoms with Crippen LogP contribution < -0.4 is 4.90 Å². The summed E-state index contributed by atoms with van der Waals surface area (Å²) in [4.78, 5) is 17.8. The minimum absolute atomic E-state index is 0.296. The lowest BCUT2D eigenvalue weighted by Crippen LogP contribution is -2.24. The van der Waals surface area contributed by atoms with Crippen molar-refractivity contribution in [2.45, 2.75) is 26.4 Å². The second-order valence-corrected chi connectivity index (χ2v) is 5.33. The van der Waals surface area contributed by atoms with Crippen molar-refractivity contribution in [2.24, 2.45) is 0 Å². The Balaban J connectivity index is 3.04. The van der Waals surface area contributed by atoms with Crippen molar-refractivity contribution in [3.8, 4) is 0 Å². The number of pyridine rings is 1. The molecule has 17 heavy (non-hydrogen) atoms. The van der Waals surface area contributed by atoms with Gasteiger partial charge in [-0.15, -0.1) is 0 Å². The van der Waals surface area contributed by atoms with Crippen molar-refractivity contribution in [3.63, 3.8) is 0 Å². The highest BCUT2D eigenvalue weighted by Gasteiger charge is 2.20. The second-order valence-electron chi connectivity index (χ2n) is 4.92. The molecule has 0 aromatic carbocycles. The number of aromatic nitrogens is 1. The molecular weight excluding hydrogens is 240 g/mol. The largest absolute Gasteiger partial charge is 0.456 e. The molecule has 0 aliphatic rings. The minimum Gasteiger partial charge on any atom is -0.456 e. The van der Waals surface area contributed by atoms with E-state index in [-0.39, 0.29) is 0 Å². The molecule has 5 heteroatoms. The molecule has 0 amide bonds. The van der Waals surface area contributed by atoms with Crippen LogP contribution in [0.1, 0.15) is 31.1 Å². The highest BCUT2D eigenvalue weighted by atomic mass is 35.5. The fourth-order valence-electron chi connectivity index (χ4n) is 1.16. The number of halogens is 1. The number of nitrogens with zero attached hydrogens (tertiary/aromatic N) is 2. The van der Waals surface area contributed by atoms with E-state index in [4.69, 9.17) is 16.3 Å². The van der Waals surface area contributed by atoms with E-state index in [1.165, 1.54) is 6.20 Å². The van der Waals surface area contributed by atoms with Gasteiger partial charge in [-0.25, -0.2) is 9.78 Å². The molecule has 1 aromatic rings. The molecule has 1 heterocycles. The fourth-order valence-corrected chi connectivity index (χ4v) is 1.34. The Bertz CT molecular complexity index is 425. The van der Waals surface area contributed by atoms with Gasteiger partial charge in [0.2, 0.25) is 0 Å². The topological polar surface area (TPSA) is 42.4 Å². The van der Waals surface area contributed by atoms with Crippen LogP contribution in [0.4, 0.5) is 5.82 Å². The standard InChI is InChI=1S/C12H17ClN2O2/c1-12(2,3)17-11(16)8-6-10(15(4)5)14-7-9(8)13/h6-7H,1-5H3. The lowest BCUT2D eigenvalue weighted by molar-refractivity contribution is 0.00697. The summed E-state index contributed by atoms with van der Waals surface area (Å²) in [5, 5.41) is 0.296. The van der Waals surface area contributed by atoms with E-state index in [9.17, 15) is 4.79 Å². The Morgan fingerprint density at radius 3 is 2.47 bits per heavy atom. The maximum absolute atomic E-state index is 11.9. The molecular formula is C12H17ClN2O2. The first-order valence-electron chi connectivity index (χ1n) is 5.27. The zero-order valence-electron chi connectivity index (χ0n) is 10.7. The predicted octanol–water partition coefficient (Wildman–Crippen LogP) is 2.76. The summed E-state index contributed by atoms with van der Waals surface area (Å²) in [6.07, 6.45) is 1.45. The lowest BCUT2D eigenvalue weighted by Gasteiger charge is -2.20. The fraction of sp³-hybridized carbons (Fsp3) is 0.500. The van der Waals surface area contributed by atoms with Gasteiger partial charge in [-0.2, -0.15) is 0 Å². The van der Waals surface area contributed by atoms with E-state index >= 15 is 0 Å². The van der Waals surface area contributed by atoms with E-state index in [0.29, 0.717) is 16.4 Å². The van der Waals surface area contributed by atoms with Crippen molar-refractivity contribution >= 4 is 23.4 Å². The van der Waals surface area contributed by atoms with E-state index in [2.05, 4.69) is 4.98 Å². The molecule has 0 fully saturated rings. The lowest BCUT2D eigenvalue weighted by atomic mass is 10.2. The summed E-state index contributed by atoms with van der Waals surface area (Å²) in [7, 11) is 3.68. The minimum atomic E-state index is -0.540. The van der Waals surface area contributed by atoms with Crippen molar-refractivity contribution in [2.75, 3.05) is 19.0 Å². The third-order valence-electron chi connectivity index (χ3n) is 1.92. The molecule has 0 bridgehead atoms. The van der Waals surface area contributed by atoms with Gasteiger partial charge in [0.1, 0.15) is 11.4 Å². The van der Waals surface area contributed by atoms with Gasteiger partial charge in [0.25, 0.3) is 0 Å². The molecule has 0 atom stereocenters. The van der Waals surface area contributed by atoms with Gasteiger partial charge in [0, 0.05) is 20.3 Å². The van der Waals surface area contributed by atoms with Crippen LogP contribution in [0.2, 0.25) is 5.02 Å². The smallest absolute Gasteiger partial charge is 0.340 e. The zero-order valence-corrected chi connectivity index (χ0v) is 11.5. The van der Waals surface area contributed by atoms with Crippen molar-refractivity contribution in [3.05, 3.63) is 22.8 Å². The van der Waals surface area contributed by atoms with E-state index in [1.54, 1.807) is 11.0 Å². The number of hydrogen-bond donors (Lipinski definition) is 0. The van der Waals surface area contributed by atoms with Gasteiger partial charge < -0.3 is 9.64 Å². The summed E-state index contributed by atoms with van der Waals surface area (Å²) >= 11 is 5.94. The molecule has 0 radical (unpaired) electrons. The molecule has 94 valence electrons. The van der Waals surface area contributed by atoms with Crippen LogP contribution >= 0.6 is 11.6 Å². The Morgan fingerprint density at radius 2 is 2.00 bits per heavy atom. The highest BCUT2D eigenvalue weighted by Crippen LogP contribution is 2.22. The Kier molecular flexibility index (Phi) is 3.98. The first kappa shape index (κ1) is 13.8. The molecule has 0 aliphatic carbocycles. The summed E-state index contributed by atoms with van der Waals surface area (Å²) in [6, 6.07) is 1.62. The van der Waals surface area contributed by atoms with Gasteiger partial charge in [-0.1, -0.05) is 11.6 Å². The normalized spacial score (nSPS) is 11.2. The zero-order chi connectivity index (χ0) is 13.2. The number of ether oxygens (including phenoxy) is 1. The molecule has 0 spiro atoms. The number of rotatable bonds is 2. The molecule has 1 rings (SSSR count). The van der Waals surface area contributed by atoms with Crippen LogP contribution in [0.5, 0.6) is 0 Å². The second kappa shape index (κ2) is 4.92. The molecule has 0 unspecified atom stereocenters. The summed E-state index contributed by atoms with van der Waals surface area (Å²) < 4.78 is 5.27. The highest BCUT2D eigenvalue weighted by molar-refractivity contribution is 6.33. The van der Waals surface area contributed by atoms with Gasteiger partial charge in [0.15, 0.2) is 0 Å². The van der Waals surface area contributed by atoms with Crippen LogP contribution in [0.3, 0.4) is 0 Å². The number of carbonyl (C=O) groups excluding carboxylic acids is 1. The van der Waals surface area contributed by atoms with Crippen LogP contribution in [-0.2, 0) is 4.74 Å². The average molecular weight is 257 g/mol. The monoisotopic (exact) mass is 256 g/mol. The van der Waals surface area contributed by atoms with Crippen LogP contribution in [-0.4, -0.2) is 30.6 Å². The Morgan fingerprint density at radius 1 is 1.41 bits per heavy atom. The predicted molar refractivity (Wildman–Crippen MR) is 68.7 cm³/mol. The Labute approximate surface area is 107 Å². The first-order valence-corrected chi connectivity index (χ1v) is 5.65. The van der Waals surface area contributed by atoms with Crippen molar-refractivity contribution < 1.29 is 9.53 Å². The number of esters is 1. The van der Waals surface area contributed by atoms with Gasteiger partial charge >= 0.3 is 5.97 Å². The number of carbonyl (C=O) groups is 1. The quantitative estimate of drug-likeness (QED) is 0.763. The third-order valence-corrected chi connectivity index (χ3v) is 2.22. The third kappa shape index (κ3) is 3.89. The van der Waals surface area contributed by atoms with E-state index in [0.717, 1.165) is 0 Å². The van der Waals surface area contributed by atoms with Crippen molar-refractivity contribution in [1.82, 2.24) is 4.98 Å². The summed E-state index contributed by atoms with van der Waals surface area (Å²) in [5.41, 5.74) is -0.206. The molecule has 0 N–H and O–H groups in total. The van der Waals surface area contributed by atoms with Crippen molar-refractivity contribution in [1.29, 1.82) is 0 Å². The van der Waals surface area contributed by atoms with Gasteiger partial charge in [-0.05, 0) is 26.8 Å². The molecule has 0 aliphatic heterocycles. The van der Waals surface area contributed by atoms with Crippen LogP contribution in [0.25, 0.3) is 0 Å². The average Bonchev–Trinajstić information content (AvgIpc) is 2.14.